The first-order chi connectivity index (χ1) is 11.1. The number of ether oxygens (including phenoxy) is 1. The molecule has 0 aromatic carbocycles. The summed E-state index contributed by atoms with van der Waals surface area (Å²) in [4.78, 5) is 11.0. The second kappa shape index (κ2) is 14.9. The first-order valence-corrected chi connectivity index (χ1v) is 10.8. The summed E-state index contributed by atoms with van der Waals surface area (Å²) in [5.41, 5.74) is 0. The number of esters is 1. The van der Waals surface area contributed by atoms with Crippen molar-refractivity contribution in [3.63, 3.8) is 0 Å². The van der Waals surface area contributed by atoms with Crippen molar-refractivity contribution < 1.29 is 22.8 Å². The molecule has 0 spiro atoms. The number of carbonyl (C=O) groups is 1. The lowest BCUT2D eigenvalue weighted by atomic mass is 10.3. The molecule has 5 nitrogen and oxygen atoms in total. The summed E-state index contributed by atoms with van der Waals surface area (Å²) >= 11 is 0. The highest BCUT2D eigenvalue weighted by atomic mass is 28.4. The van der Waals surface area contributed by atoms with Gasteiger partial charge in [0.2, 0.25) is 0 Å². The van der Waals surface area contributed by atoms with Crippen molar-refractivity contribution in [2.45, 2.75) is 65.3 Å². The molecule has 0 aliphatic heterocycles. The van der Waals surface area contributed by atoms with Crippen LogP contribution in [0, 0.1) is 0 Å². The van der Waals surface area contributed by atoms with Crippen LogP contribution in [0.5, 0.6) is 0 Å². The summed E-state index contributed by atoms with van der Waals surface area (Å²) in [6, 6.07) is 0.822. The van der Waals surface area contributed by atoms with E-state index in [1.54, 1.807) is 0 Å². The van der Waals surface area contributed by atoms with Crippen LogP contribution in [-0.4, -0.2) is 41.2 Å². The van der Waals surface area contributed by atoms with Crippen molar-refractivity contribution in [3.8, 4) is 0 Å². The molecular weight excluding hydrogens is 312 g/mol. The molecule has 0 saturated carbocycles. The highest BCUT2D eigenvalue weighted by Crippen LogP contribution is 2.21. The Kier molecular flexibility index (Phi) is 14.4. The number of rotatable bonds is 16. The van der Waals surface area contributed by atoms with Crippen molar-refractivity contribution in [2.24, 2.45) is 0 Å². The molecule has 6 heteroatoms. The van der Waals surface area contributed by atoms with Gasteiger partial charge in [-0.1, -0.05) is 33.8 Å². The number of unbranched alkanes of at least 4 members (excludes halogenated alkanes) is 2. The third-order valence-electron chi connectivity index (χ3n) is 3.12. The van der Waals surface area contributed by atoms with Gasteiger partial charge in [0, 0.05) is 31.9 Å². The smallest absolute Gasteiger partial charge is 0.463 e. The van der Waals surface area contributed by atoms with Gasteiger partial charge in [0.05, 0.1) is 6.61 Å². The molecule has 0 N–H and O–H groups in total. The van der Waals surface area contributed by atoms with Gasteiger partial charge in [-0.05, 0) is 32.1 Å². The Balaban J connectivity index is 4.29. The molecule has 0 aliphatic rings. The summed E-state index contributed by atoms with van der Waals surface area (Å²) < 4.78 is 23.1. The second-order valence-electron chi connectivity index (χ2n) is 5.41. The minimum atomic E-state index is -2.57. The van der Waals surface area contributed by atoms with Crippen molar-refractivity contribution in [1.82, 2.24) is 0 Å². The molecule has 0 unspecified atom stereocenters. The molecule has 0 radical (unpaired) electrons. The fourth-order valence-electron chi connectivity index (χ4n) is 1.97. The lowest BCUT2D eigenvalue weighted by Crippen LogP contribution is -2.46. The maximum absolute atomic E-state index is 11.0. The monoisotopic (exact) mass is 346 g/mol. The van der Waals surface area contributed by atoms with Crippen molar-refractivity contribution in [3.05, 3.63) is 12.7 Å². The van der Waals surface area contributed by atoms with Crippen LogP contribution in [-0.2, 0) is 22.8 Å². The first-order valence-electron chi connectivity index (χ1n) is 8.85. The standard InChI is InChI=1S/C17H34O5Si/c1-5-12-20-23(21-13-6-2,22-14-7-3)16-11-9-10-15-19-17(18)8-4/h8H,4-7,9-16H2,1-3H3. The minimum Gasteiger partial charge on any atom is -0.463 e. The second-order valence-corrected chi connectivity index (χ2v) is 8.14. The molecule has 0 aliphatic carbocycles. The van der Waals surface area contributed by atoms with E-state index >= 15 is 0 Å². The molecule has 0 heterocycles. The molecule has 0 bridgehead atoms. The van der Waals surface area contributed by atoms with Gasteiger partial charge < -0.3 is 18.0 Å². The van der Waals surface area contributed by atoms with Crippen LogP contribution in [0.25, 0.3) is 0 Å². The van der Waals surface area contributed by atoms with Crippen LogP contribution in [0.2, 0.25) is 6.04 Å². The Morgan fingerprint density at radius 3 is 1.83 bits per heavy atom. The summed E-state index contributed by atoms with van der Waals surface area (Å²) in [5, 5.41) is 0. The van der Waals surface area contributed by atoms with Crippen LogP contribution < -0.4 is 0 Å². The molecule has 0 fully saturated rings. The van der Waals surface area contributed by atoms with Crippen LogP contribution in [0.1, 0.15) is 59.3 Å². The molecular formula is C17H34O5Si. The minimum absolute atomic E-state index is 0.363. The lowest BCUT2D eigenvalue weighted by molar-refractivity contribution is -0.137. The highest BCUT2D eigenvalue weighted by Gasteiger charge is 2.40. The molecule has 0 aromatic heterocycles. The predicted molar refractivity (Wildman–Crippen MR) is 94.3 cm³/mol. The zero-order chi connectivity index (χ0) is 17.4. The topological polar surface area (TPSA) is 54.0 Å². The molecule has 0 atom stereocenters. The summed E-state index contributed by atoms with van der Waals surface area (Å²) in [7, 11) is -2.57. The van der Waals surface area contributed by atoms with Crippen LogP contribution in [0.15, 0.2) is 12.7 Å². The van der Waals surface area contributed by atoms with E-state index in [-0.39, 0.29) is 5.97 Å². The Bertz CT molecular complexity index is 288. The lowest BCUT2D eigenvalue weighted by Gasteiger charge is -2.29. The normalized spacial score (nSPS) is 11.4. The van der Waals surface area contributed by atoms with E-state index in [9.17, 15) is 4.79 Å². The zero-order valence-electron chi connectivity index (χ0n) is 15.1. The van der Waals surface area contributed by atoms with E-state index in [2.05, 4.69) is 27.4 Å². The summed E-state index contributed by atoms with van der Waals surface area (Å²) in [6.07, 6.45) is 6.80. The van der Waals surface area contributed by atoms with E-state index < -0.39 is 8.80 Å². The molecule has 0 amide bonds. The molecule has 136 valence electrons. The van der Waals surface area contributed by atoms with Crippen molar-refractivity contribution in [2.75, 3.05) is 26.4 Å². The van der Waals surface area contributed by atoms with E-state index in [0.717, 1.165) is 44.6 Å². The number of hydrogen-bond donors (Lipinski definition) is 0. The highest BCUT2D eigenvalue weighted by molar-refractivity contribution is 6.60. The maximum Gasteiger partial charge on any atom is 0.500 e. The number of carbonyl (C=O) groups excluding carboxylic acids is 1. The molecule has 0 saturated heterocycles. The maximum atomic E-state index is 11.0. The Morgan fingerprint density at radius 2 is 1.39 bits per heavy atom. The summed E-state index contributed by atoms with van der Waals surface area (Å²) in [6.45, 7) is 12.1. The van der Waals surface area contributed by atoms with Gasteiger partial charge in [-0.25, -0.2) is 4.79 Å². The Morgan fingerprint density at radius 1 is 0.870 bits per heavy atom. The van der Waals surface area contributed by atoms with Crippen LogP contribution in [0.4, 0.5) is 0 Å². The molecule has 0 aromatic rings. The van der Waals surface area contributed by atoms with E-state index in [4.69, 9.17) is 18.0 Å². The van der Waals surface area contributed by atoms with Crippen LogP contribution >= 0.6 is 0 Å². The van der Waals surface area contributed by atoms with Crippen LogP contribution in [0.3, 0.4) is 0 Å². The fraction of sp³-hybridized carbons (Fsp3) is 0.824. The largest absolute Gasteiger partial charge is 0.500 e. The average Bonchev–Trinajstić information content (AvgIpc) is 2.58. The zero-order valence-corrected chi connectivity index (χ0v) is 16.1. The van der Waals surface area contributed by atoms with E-state index in [1.807, 2.05) is 0 Å². The molecule has 23 heavy (non-hydrogen) atoms. The van der Waals surface area contributed by atoms with E-state index in [0.29, 0.717) is 26.4 Å². The van der Waals surface area contributed by atoms with Gasteiger partial charge in [-0.15, -0.1) is 0 Å². The Labute approximate surface area is 142 Å². The molecule has 0 rings (SSSR count). The van der Waals surface area contributed by atoms with Gasteiger partial charge in [-0.3, -0.25) is 0 Å². The van der Waals surface area contributed by atoms with Gasteiger partial charge in [0.15, 0.2) is 0 Å². The third kappa shape index (κ3) is 11.5. The first kappa shape index (κ1) is 22.3. The van der Waals surface area contributed by atoms with Gasteiger partial charge >= 0.3 is 14.8 Å². The third-order valence-corrected chi connectivity index (χ3v) is 6.01. The summed E-state index contributed by atoms with van der Waals surface area (Å²) in [5.74, 6) is -0.363. The van der Waals surface area contributed by atoms with E-state index in [1.165, 1.54) is 6.08 Å². The SMILES string of the molecule is C=CC(=O)OCCCCC[Si](OCCC)(OCCC)OCCC. The average molecular weight is 347 g/mol. The Hall–Kier alpha value is -0.693. The van der Waals surface area contributed by atoms with Gasteiger partial charge in [-0.2, -0.15) is 0 Å². The number of hydrogen-bond acceptors (Lipinski definition) is 5. The van der Waals surface area contributed by atoms with Gasteiger partial charge in [0.25, 0.3) is 0 Å². The van der Waals surface area contributed by atoms with Crippen molar-refractivity contribution in [1.29, 1.82) is 0 Å². The fourth-order valence-corrected chi connectivity index (χ4v) is 4.88. The predicted octanol–water partition coefficient (Wildman–Crippen LogP) is 4.10. The van der Waals surface area contributed by atoms with Gasteiger partial charge in [0.1, 0.15) is 0 Å². The van der Waals surface area contributed by atoms with Crippen molar-refractivity contribution >= 4 is 14.8 Å². The quantitative estimate of drug-likeness (QED) is 0.182.